The van der Waals surface area contributed by atoms with Crippen LogP contribution in [-0.4, -0.2) is 78.8 Å². The third-order valence-electron chi connectivity index (χ3n) is 7.49. The molecule has 234 valence electrons. The number of aliphatic carboxylic acids is 1. The normalized spacial score (nSPS) is 23.2. The molecule has 0 aliphatic carbocycles. The third-order valence-corrected chi connectivity index (χ3v) is 7.49. The number of aliphatic hydroxyl groups is 1. The van der Waals surface area contributed by atoms with Gasteiger partial charge in [-0.15, -0.1) is 0 Å². The minimum atomic E-state index is -1.58. The molecule has 5 atom stereocenters. The minimum absolute atomic E-state index is 0.0427. The van der Waals surface area contributed by atoms with Crippen molar-refractivity contribution in [3.8, 4) is 0 Å². The van der Waals surface area contributed by atoms with Crippen LogP contribution in [0, 0.1) is 11.3 Å². The van der Waals surface area contributed by atoms with Gasteiger partial charge in [-0.3, -0.25) is 9.59 Å². The van der Waals surface area contributed by atoms with Crippen molar-refractivity contribution < 1.29 is 53.1 Å². The van der Waals surface area contributed by atoms with Gasteiger partial charge in [-0.25, -0.2) is 4.79 Å². The number of hydrogen-bond donors (Lipinski definition) is 2. The van der Waals surface area contributed by atoms with Gasteiger partial charge >= 0.3 is 17.9 Å². The fourth-order valence-corrected chi connectivity index (χ4v) is 5.19. The fourth-order valence-electron chi connectivity index (χ4n) is 5.19. The van der Waals surface area contributed by atoms with E-state index in [9.17, 15) is 24.3 Å². The van der Waals surface area contributed by atoms with E-state index >= 15 is 0 Å². The number of carbonyl (C=O) groups excluding carboxylic acids is 3. The van der Waals surface area contributed by atoms with Crippen molar-refractivity contribution in [2.75, 3.05) is 20.8 Å². The van der Waals surface area contributed by atoms with E-state index in [-0.39, 0.29) is 44.5 Å². The van der Waals surface area contributed by atoms with Gasteiger partial charge in [0.2, 0.25) is 0 Å². The molecule has 0 aromatic heterocycles. The van der Waals surface area contributed by atoms with Crippen LogP contribution in [-0.2, 0) is 49.5 Å². The number of hydrogen-bond acceptors (Lipinski definition) is 10. The van der Waals surface area contributed by atoms with Crippen molar-refractivity contribution in [1.82, 2.24) is 0 Å². The predicted octanol–water partition coefficient (Wildman–Crippen LogP) is 3.60. The summed E-state index contributed by atoms with van der Waals surface area (Å²) in [6.45, 7) is 6.70. The molecular formula is C31H44O11. The van der Waals surface area contributed by atoms with Gasteiger partial charge in [-0.05, 0) is 25.8 Å². The largest absolute Gasteiger partial charge is 0.481 e. The number of aliphatic hydroxyl groups excluding tert-OH is 1. The number of carboxylic acids is 1. The molecule has 1 fully saturated rings. The number of methoxy groups -OCH3 is 2. The van der Waals surface area contributed by atoms with Gasteiger partial charge in [0.25, 0.3) is 0 Å². The van der Waals surface area contributed by atoms with Gasteiger partial charge in [-0.1, -0.05) is 49.8 Å². The second-order valence-corrected chi connectivity index (χ2v) is 11.3. The first-order valence-corrected chi connectivity index (χ1v) is 14.0. The Kier molecular flexibility index (Phi) is 13.3. The van der Waals surface area contributed by atoms with Crippen molar-refractivity contribution in [3.05, 3.63) is 47.5 Å². The Hall–Kier alpha value is -3.12. The molecule has 11 nitrogen and oxygen atoms in total. The van der Waals surface area contributed by atoms with E-state index in [1.165, 1.54) is 27.2 Å². The topological polar surface area (TPSA) is 155 Å². The third kappa shape index (κ3) is 9.72. The van der Waals surface area contributed by atoms with Gasteiger partial charge < -0.3 is 38.7 Å². The van der Waals surface area contributed by atoms with E-state index in [0.29, 0.717) is 12.2 Å². The number of Topliss-reactive ketones (excluding diaryl/α,β-unsaturated/α-hetero) is 1. The summed E-state index contributed by atoms with van der Waals surface area (Å²) in [4.78, 5) is 48.0. The number of carboxylic acid groups (broad SMARTS) is 1. The van der Waals surface area contributed by atoms with Gasteiger partial charge in [0.15, 0.2) is 5.79 Å². The standard InChI is InChI=1S/C31H44O11/c1-20(32)14-25-23(16-29(37)38-5)15-24(17-26(33)21(2)40-18-22-10-8-7-9-11-22)42-31(25,39-6)30(3,4)19-41-28(36)13-12-27(34)35/h7-11,16,21,24-26,33H,12-15,17-19H2,1-6H3,(H,34,35)/b23-16+/t21-,24?,25+,26?,31?/m1/s1. The lowest BCUT2D eigenvalue weighted by Gasteiger charge is -2.54. The quantitative estimate of drug-likeness (QED) is 0.214. The number of benzene rings is 1. The van der Waals surface area contributed by atoms with Gasteiger partial charge in [-0.2, -0.15) is 0 Å². The van der Waals surface area contributed by atoms with Crippen molar-refractivity contribution in [3.63, 3.8) is 0 Å². The van der Waals surface area contributed by atoms with Crippen molar-refractivity contribution in [2.45, 2.75) is 90.5 Å². The first-order valence-electron chi connectivity index (χ1n) is 14.0. The van der Waals surface area contributed by atoms with E-state index in [4.69, 9.17) is 28.8 Å². The summed E-state index contributed by atoms with van der Waals surface area (Å²) in [5, 5.41) is 20.0. The van der Waals surface area contributed by atoms with E-state index in [0.717, 1.165) is 5.56 Å². The molecule has 0 saturated carbocycles. The number of esters is 2. The molecule has 42 heavy (non-hydrogen) atoms. The van der Waals surface area contributed by atoms with Crippen LogP contribution in [0.4, 0.5) is 0 Å². The lowest BCUT2D eigenvalue weighted by molar-refractivity contribution is -0.340. The van der Waals surface area contributed by atoms with Gasteiger partial charge in [0.1, 0.15) is 12.4 Å². The number of ether oxygens (including phenoxy) is 5. The van der Waals surface area contributed by atoms with Crippen molar-refractivity contribution >= 4 is 23.7 Å². The number of carbonyl (C=O) groups is 4. The molecule has 0 spiro atoms. The van der Waals surface area contributed by atoms with E-state index in [2.05, 4.69) is 0 Å². The number of ketones is 1. The molecule has 0 radical (unpaired) electrons. The molecule has 1 aromatic carbocycles. The molecular weight excluding hydrogens is 548 g/mol. The summed E-state index contributed by atoms with van der Waals surface area (Å²) < 4.78 is 28.8. The Bertz CT molecular complexity index is 1100. The molecule has 0 amide bonds. The van der Waals surface area contributed by atoms with E-state index in [1.807, 2.05) is 30.3 Å². The van der Waals surface area contributed by atoms with Crippen molar-refractivity contribution in [1.29, 1.82) is 0 Å². The van der Waals surface area contributed by atoms with E-state index in [1.54, 1.807) is 20.8 Å². The zero-order chi connectivity index (χ0) is 31.5. The first kappa shape index (κ1) is 35.1. The maximum Gasteiger partial charge on any atom is 0.330 e. The lowest BCUT2D eigenvalue weighted by atomic mass is 9.68. The SMILES string of the molecule is COC(=O)/C=C1\CC(CC(O)[C@@H](C)OCc2ccccc2)OC(OC)(C(C)(C)COC(=O)CCC(=O)O)[C@H]1CC(C)=O. The van der Waals surface area contributed by atoms with E-state index < -0.39 is 53.3 Å². The molecule has 3 unspecified atom stereocenters. The summed E-state index contributed by atoms with van der Waals surface area (Å²) in [5.41, 5.74) is 0.388. The van der Waals surface area contributed by atoms with Crippen LogP contribution in [0.15, 0.2) is 42.0 Å². The Morgan fingerprint density at radius 2 is 1.81 bits per heavy atom. The molecule has 11 heteroatoms. The molecule has 2 rings (SSSR count). The molecule has 1 heterocycles. The summed E-state index contributed by atoms with van der Waals surface area (Å²) in [7, 11) is 2.65. The highest BCUT2D eigenvalue weighted by Crippen LogP contribution is 2.51. The minimum Gasteiger partial charge on any atom is -0.481 e. The zero-order valence-electron chi connectivity index (χ0n) is 25.3. The van der Waals surface area contributed by atoms with Crippen LogP contribution in [0.3, 0.4) is 0 Å². The highest BCUT2D eigenvalue weighted by atomic mass is 16.7. The smallest absolute Gasteiger partial charge is 0.330 e. The van der Waals surface area contributed by atoms with Crippen LogP contribution in [0.25, 0.3) is 0 Å². The molecule has 0 bridgehead atoms. The maximum absolute atomic E-state index is 12.4. The number of rotatable bonds is 16. The molecule has 1 aliphatic heterocycles. The zero-order valence-corrected chi connectivity index (χ0v) is 25.3. The second-order valence-electron chi connectivity index (χ2n) is 11.3. The Morgan fingerprint density at radius 3 is 2.38 bits per heavy atom. The monoisotopic (exact) mass is 592 g/mol. The Morgan fingerprint density at radius 1 is 1.14 bits per heavy atom. The fraction of sp³-hybridized carbons (Fsp3) is 0.613. The van der Waals surface area contributed by atoms with Crippen LogP contribution in [0.1, 0.15) is 65.4 Å². The van der Waals surface area contributed by atoms with Crippen LogP contribution in [0.5, 0.6) is 0 Å². The van der Waals surface area contributed by atoms with Gasteiger partial charge in [0, 0.05) is 31.9 Å². The summed E-state index contributed by atoms with van der Waals surface area (Å²) in [5.74, 6) is -4.98. The first-order chi connectivity index (χ1) is 19.7. The van der Waals surface area contributed by atoms with Gasteiger partial charge in [0.05, 0.1) is 50.3 Å². The molecule has 1 aromatic rings. The van der Waals surface area contributed by atoms with Crippen LogP contribution in [0.2, 0.25) is 0 Å². The highest BCUT2D eigenvalue weighted by Gasteiger charge is 2.58. The summed E-state index contributed by atoms with van der Waals surface area (Å²) >= 11 is 0. The van der Waals surface area contributed by atoms with Crippen LogP contribution < -0.4 is 0 Å². The predicted molar refractivity (Wildman–Crippen MR) is 151 cm³/mol. The average Bonchev–Trinajstić information content (AvgIpc) is 2.94. The van der Waals surface area contributed by atoms with Crippen molar-refractivity contribution in [2.24, 2.45) is 11.3 Å². The summed E-state index contributed by atoms with van der Waals surface area (Å²) in [6, 6.07) is 9.55. The lowest BCUT2D eigenvalue weighted by Crippen LogP contribution is -2.61. The molecule has 2 N–H and O–H groups in total. The highest BCUT2D eigenvalue weighted by molar-refractivity contribution is 5.83. The molecule has 1 saturated heterocycles. The Labute approximate surface area is 247 Å². The summed E-state index contributed by atoms with van der Waals surface area (Å²) in [6.07, 6.45) is -1.29. The maximum atomic E-state index is 12.4. The Balaban J connectivity index is 2.38. The second kappa shape index (κ2) is 15.9. The van der Waals surface area contributed by atoms with Crippen LogP contribution >= 0.6 is 0 Å². The average molecular weight is 593 g/mol. The molecule has 1 aliphatic rings.